The van der Waals surface area contributed by atoms with Crippen LogP contribution in [0.25, 0.3) is 10.2 Å². The highest BCUT2D eigenvalue weighted by atomic mass is 32.1. The Hall–Kier alpha value is -1.09. The van der Waals surface area contributed by atoms with E-state index in [-0.39, 0.29) is 5.43 Å². The fourth-order valence-corrected chi connectivity index (χ4v) is 2.40. The number of aromatic nitrogens is 1. The largest absolute Gasteiger partial charge is 0.346 e. The monoisotopic (exact) mass is 207 g/mol. The first-order chi connectivity index (χ1) is 6.68. The third-order valence-corrected chi connectivity index (χ3v) is 3.06. The molecule has 0 atom stereocenters. The van der Waals surface area contributed by atoms with Gasteiger partial charge in [-0.2, -0.15) is 0 Å². The van der Waals surface area contributed by atoms with Crippen LogP contribution in [0.4, 0.5) is 0 Å². The first-order valence-corrected chi connectivity index (χ1v) is 5.63. The van der Waals surface area contributed by atoms with E-state index >= 15 is 0 Å². The summed E-state index contributed by atoms with van der Waals surface area (Å²) in [6.07, 6.45) is 1.89. The number of pyridine rings is 1. The third-order valence-electron chi connectivity index (χ3n) is 2.15. The molecule has 0 bridgehead atoms. The molecule has 2 rings (SSSR count). The maximum atomic E-state index is 11.5. The lowest BCUT2D eigenvalue weighted by Crippen LogP contribution is -2.09. The maximum absolute atomic E-state index is 11.5. The molecule has 74 valence electrons. The van der Waals surface area contributed by atoms with Crippen LogP contribution in [0, 0.1) is 5.92 Å². The van der Waals surface area contributed by atoms with Crippen molar-refractivity contribution in [2.24, 2.45) is 5.92 Å². The molecule has 2 aromatic heterocycles. The lowest BCUT2D eigenvalue weighted by Gasteiger charge is -2.10. The molecule has 0 aliphatic rings. The van der Waals surface area contributed by atoms with Crippen LogP contribution >= 0.6 is 11.3 Å². The van der Waals surface area contributed by atoms with Crippen molar-refractivity contribution in [2.75, 3.05) is 0 Å². The molecule has 0 unspecified atom stereocenters. The molecule has 3 heteroatoms. The van der Waals surface area contributed by atoms with E-state index in [2.05, 4.69) is 18.4 Å². The molecule has 0 saturated carbocycles. The molecule has 0 fully saturated rings. The summed E-state index contributed by atoms with van der Waals surface area (Å²) in [4.78, 5) is 11.5. The summed E-state index contributed by atoms with van der Waals surface area (Å²) < 4.78 is 3.02. The topological polar surface area (TPSA) is 22.0 Å². The highest BCUT2D eigenvalue weighted by Gasteiger charge is 2.04. The zero-order valence-electron chi connectivity index (χ0n) is 8.36. The van der Waals surface area contributed by atoms with Gasteiger partial charge in [-0.3, -0.25) is 4.79 Å². The predicted octanol–water partition coefficient (Wildman–Crippen LogP) is 2.72. The quantitative estimate of drug-likeness (QED) is 0.742. The van der Waals surface area contributed by atoms with Crippen molar-refractivity contribution in [2.45, 2.75) is 20.4 Å². The number of thiophene rings is 1. The summed E-state index contributed by atoms with van der Waals surface area (Å²) in [6, 6.07) is 3.67. The molecule has 0 amide bonds. The average Bonchev–Trinajstić information content (AvgIpc) is 2.58. The zero-order valence-corrected chi connectivity index (χ0v) is 9.17. The SMILES string of the molecule is CC(C)Cn1ccc(=O)c2sccc21. The fourth-order valence-electron chi connectivity index (χ4n) is 1.58. The summed E-state index contributed by atoms with van der Waals surface area (Å²) in [7, 11) is 0. The Labute approximate surface area is 86.8 Å². The first kappa shape index (κ1) is 9.46. The number of nitrogens with zero attached hydrogens (tertiary/aromatic N) is 1. The average molecular weight is 207 g/mol. The molecule has 0 N–H and O–H groups in total. The molecule has 2 aromatic rings. The number of fused-ring (bicyclic) bond motifs is 1. The highest BCUT2D eigenvalue weighted by molar-refractivity contribution is 7.17. The normalized spacial score (nSPS) is 11.4. The van der Waals surface area contributed by atoms with Gasteiger partial charge in [-0.1, -0.05) is 13.8 Å². The molecule has 2 nitrogen and oxygen atoms in total. The molecule has 2 heterocycles. The van der Waals surface area contributed by atoms with Crippen LogP contribution < -0.4 is 5.43 Å². The van der Waals surface area contributed by atoms with Crippen molar-refractivity contribution >= 4 is 21.6 Å². The molecule has 0 saturated heterocycles. The summed E-state index contributed by atoms with van der Waals surface area (Å²) in [5, 5.41) is 1.98. The number of rotatable bonds is 2. The van der Waals surface area contributed by atoms with Crippen LogP contribution in [-0.2, 0) is 6.54 Å². The van der Waals surface area contributed by atoms with E-state index in [0.29, 0.717) is 5.92 Å². The molecule has 14 heavy (non-hydrogen) atoms. The molecule has 0 aliphatic heterocycles. The Balaban J connectivity index is 2.61. The van der Waals surface area contributed by atoms with Gasteiger partial charge in [-0.15, -0.1) is 11.3 Å². The van der Waals surface area contributed by atoms with E-state index < -0.39 is 0 Å². The van der Waals surface area contributed by atoms with Crippen LogP contribution in [0.3, 0.4) is 0 Å². The van der Waals surface area contributed by atoms with Crippen molar-refractivity contribution in [3.8, 4) is 0 Å². The van der Waals surface area contributed by atoms with Gasteiger partial charge in [0.05, 0.1) is 10.2 Å². The number of hydrogen-bond donors (Lipinski definition) is 0. The Kier molecular flexibility index (Phi) is 2.42. The summed E-state index contributed by atoms with van der Waals surface area (Å²) in [5.41, 5.74) is 1.20. The molecular formula is C11H13NOS. The Morgan fingerprint density at radius 2 is 2.21 bits per heavy atom. The van der Waals surface area contributed by atoms with Crippen molar-refractivity contribution in [1.29, 1.82) is 0 Å². The minimum absolute atomic E-state index is 0.134. The van der Waals surface area contributed by atoms with E-state index in [1.54, 1.807) is 6.07 Å². The maximum Gasteiger partial charge on any atom is 0.199 e. The van der Waals surface area contributed by atoms with Gasteiger partial charge in [0.2, 0.25) is 0 Å². The first-order valence-electron chi connectivity index (χ1n) is 4.75. The lowest BCUT2D eigenvalue weighted by molar-refractivity contribution is 0.533. The van der Waals surface area contributed by atoms with E-state index in [0.717, 1.165) is 16.8 Å². The fraction of sp³-hybridized carbons (Fsp3) is 0.364. The van der Waals surface area contributed by atoms with Crippen LogP contribution in [0.15, 0.2) is 28.5 Å². The Bertz CT molecular complexity index is 495. The van der Waals surface area contributed by atoms with E-state index in [4.69, 9.17) is 0 Å². The second kappa shape index (κ2) is 3.58. The number of hydrogen-bond acceptors (Lipinski definition) is 2. The van der Waals surface area contributed by atoms with Gasteiger partial charge in [0, 0.05) is 18.8 Å². The predicted molar refractivity (Wildman–Crippen MR) is 60.9 cm³/mol. The van der Waals surface area contributed by atoms with Gasteiger partial charge in [-0.05, 0) is 17.4 Å². The second-order valence-electron chi connectivity index (χ2n) is 3.86. The standard InChI is InChI=1S/C11H13NOS/c1-8(2)7-12-5-3-10(13)11-9(12)4-6-14-11/h3-6,8H,7H2,1-2H3. The molecule has 0 aromatic carbocycles. The Morgan fingerprint density at radius 1 is 1.43 bits per heavy atom. The van der Waals surface area contributed by atoms with E-state index in [9.17, 15) is 4.79 Å². The van der Waals surface area contributed by atoms with Crippen molar-refractivity contribution in [3.05, 3.63) is 33.9 Å². The van der Waals surface area contributed by atoms with Crippen molar-refractivity contribution < 1.29 is 0 Å². The summed E-state index contributed by atoms with van der Waals surface area (Å²) in [5.74, 6) is 0.598. The van der Waals surface area contributed by atoms with Gasteiger partial charge in [-0.25, -0.2) is 0 Å². The molecule has 0 aliphatic carbocycles. The van der Waals surface area contributed by atoms with Gasteiger partial charge < -0.3 is 4.57 Å². The molecule has 0 radical (unpaired) electrons. The molecular weight excluding hydrogens is 194 g/mol. The van der Waals surface area contributed by atoms with Crippen LogP contribution in [0.2, 0.25) is 0 Å². The highest BCUT2D eigenvalue weighted by Crippen LogP contribution is 2.17. The second-order valence-corrected chi connectivity index (χ2v) is 4.78. The van der Waals surface area contributed by atoms with Crippen LogP contribution in [0.1, 0.15) is 13.8 Å². The lowest BCUT2D eigenvalue weighted by atomic mass is 10.2. The van der Waals surface area contributed by atoms with Crippen molar-refractivity contribution in [1.82, 2.24) is 4.57 Å². The van der Waals surface area contributed by atoms with Gasteiger partial charge in [0.1, 0.15) is 0 Å². The van der Waals surface area contributed by atoms with Crippen LogP contribution in [0.5, 0.6) is 0 Å². The van der Waals surface area contributed by atoms with Gasteiger partial charge in [0.25, 0.3) is 0 Å². The van der Waals surface area contributed by atoms with Crippen molar-refractivity contribution in [3.63, 3.8) is 0 Å². The van der Waals surface area contributed by atoms with Crippen LogP contribution in [-0.4, -0.2) is 4.57 Å². The van der Waals surface area contributed by atoms with Gasteiger partial charge >= 0.3 is 0 Å². The Morgan fingerprint density at radius 3 is 2.93 bits per heavy atom. The zero-order chi connectivity index (χ0) is 10.1. The summed E-state index contributed by atoms with van der Waals surface area (Å²) >= 11 is 1.52. The summed E-state index contributed by atoms with van der Waals surface area (Å²) in [6.45, 7) is 5.32. The van der Waals surface area contributed by atoms with E-state index in [1.807, 2.05) is 17.6 Å². The minimum atomic E-state index is 0.134. The van der Waals surface area contributed by atoms with E-state index in [1.165, 1.54) is 11.3 Å². The van der Waals surface area contributed by atoms with Gasteiger partial charge in [0.15, 0.2) is 5.43 Å². The third kappa shape index (κ3) is 1.60. The molecule has 0 spiro atoms. The minimum Gasteiger partial charge on any atom is -0.346 e. The smallest absolute Gasteiger partial charge is 0.199 e.